The maximum atomic E-state index is 10.4. The Morgan fingerprint density at radius 2 is 1.85 bits per heavy atom. The van der Waals surface area contributed by atoms with Gasteiger partial charge < -0.3 is 10.2 Å². The summed E-state index contributed by atoms with van der Waals surface area (Å²) in [6, 6.07) is 2.56. The fraction of sp³-hybridized carbons (Fsp3) is 0. The van der Waals surface area contributed by atoms with Gasteiger partial charge in [0.05, 0.1) is 5.56 Å². The third kappa shape index (κ3) is 2.59. The van der Waals surface area contributed by atoms with Gasteiger partial charge in [0.2, 0.25) is 0 Å². The summed E-state index contributed by atoms with van der Waals surface area (Å²) in [4.78, 5) is 24.2. The zero-order valence-electron chi connectivity index (χ0n) is 6.60. The number of hydrogen-bond acceptors (Lipinski definition) is 3. The van der Waals surface area contributed by atoms with Crippen LogP contribution in [-0.4, -0.2) is 27.1 Å². The van der Waals surface area contributed by atoms with Crippen LogP contribution < -0.4 is 0 Å². The largest absolute Gasteiger partial charge is 0.478 e. The van der Waals surface area contributed by atoms with Gasteiger partial charge in [0, 0.05) is 25.7 Å². The van der Waals surface area contributed by atoms with Crippen molar-refractivity contribution in [2.45, 2.75) is 0 Å². The van der Waals surface area contributed by atoms with Gasteiger partial charge in [-0.05, 0) is 12.1 Å². The second kappa shape index (κ2) is 4.67. The maximum absolute atomic E-state index is 10.4. The molecule has 0 aliphatic rings. The molecule has 0 spiro atoms. The molecule has 0 radical (unpaired) electrons. The molecule has 13 heavy (non-hydrogen) atoms. The van der Waals surface area contributed by atoms with Crippen molar-refractivity contribution < 1.29 is 39.3 Å². The topological polar surface area (TPSA) is 87.5 Å². The molecule has 2 N–H and O–H groups in total. The van der Waals surface area contributed by atoms with E-state index in [-0.39, 0.29) is 25.0 Å². The van der Waals surface area contributed by atoms with E-state index in [1.54, 1.807) is 0 Å². The molecular formula is C7H5NO4Zn. The molecule has 6 heteroatoms. The summed E-state index contributed by atoms with van der Waals surface area (Å²) >= 11 is 0. The van der Waals surface area contributed by atoms with Crippen LogP contribution in [0.4, 0.5) is 0 Å². The SMILES string of the molecule is O=C(O)c1cccnc1C(=O)O.[Zn]. The zero-order chi connectivity index (χ0) is 9.14. The van der Waals surface area contributed by atoms with E-state index in [1.807, 2.05) is 0 Å². The van der Waals surface area contributed by atoms with Crippen molar-refractivity contribution in [1.82, 2.24) is 4.98 Å². The van der Waals surface area contributed by atoms with Gasteiger partial charge in [-0.2, -0.15) is 0 Å². The molecule has 0 bridgehead atoms. The maximum Gasteiger partial charge on any atom is 0.355 e. The Labute approximate surface area is 86.2 Å². The first kappa shape index (κ1) is 11.7. The summed E-state index contributed by atoms with van der Waals surface area (Å²) in [6.07, 6.45) is 1.23. The average molecular weight is 233 g/mol. The normalized spacial score (nSPS) is 8.62. The molecule has 1 rings (SSSR count). The summed E-state index contributed by atoms with van der Waals surface area (Å²) in [7, 11) is 0. The van der Waals surface area contributed by atoms with Crippen LogP contribution in [-0.2, 0) is 19.5 Å². The van der Waals surface area contributed by atoms with E-state index < -0.39 is 17.6 Å². The number of nitrogens with zero attached hydrogens (tertiary/aromatic N) is 1. The van der Waals surface area contributed by atoms with E-state index in [1.165, 1.54) is 18.3 Å². The Morgan fingerprint density at radius 1 is 1.23 bits per heavy atom. The zero-order valence-corrected chi connectivity index (χ0v) is 9.56. The first-order valence-electron chi connectivity index (χ1n) is 3.04. The predicted octanol–water partition coefficient (Wildman–Crippen LogP) is 0.475. The van der Waals surface area contributed by atoms with Crippen molar-refractivity contribution in [2.75, 3.05) is 0 Å². The van der Waals surface area contributed by atoms with E-state index in [0.29, 0.717) is 0 Å². The first-order chi connectivity index (χ1) is 5.63. The summed E-state index contributed by atoms with van der Waals surface area (Å²) in [5, 5.41) is 17.0. The van der Waals surface area contributed by atoms with Crippen LogP contribution in [0.2, 0.25) is 0 Å². The number of carboxylic acid groups (broad SMARTS) is 2. The molecule has 0 atom stereocenters. The van der Waals surface area contributed by atoms with Crippen molar-refractivity contribution in [1.29, 1.82) is 0 Å². The van der Waals surface area contributed by atoms with Gasteiger partial charge in [0.15, 0.2) is 5.69 Å². The van der Waals surface area contributed by atoms with Gasteiger partial charge in [-0.25, -0.2) is 14.6 Å². The standard InChI is InChI=1S/C7H5NO4.Zn/c9-6(10)4-2-1-3-8-5(4)7(11)12;/h1-3H,(H,9,10)(H,11,12);. The number of aromatic nitrogens is 1. The van der Waals surface area contributed by atoms with Gasteiger partial charge in [0.1, 0.15) is 0 Å². The van der Waals surface area contributed by atoms with E-state index in [9.17, 15) is 9.59 Å². The van der Waals surface area contributed by atoms with Crippen LogP contribution in [0.25, 0.3) is 0 Å². The van der Waals surface area contributed by atoms with E-state index in [4.69, 9.17) is 10.2 Å². The average Bonchev–Trinajstić information content (AvgIpc) is 2.04. The van der Waals surface area contributed by atoms with Crippen LogP contribution in [0.5, 0.6) is 0 Å². The molecule has 1 aromatic heterocycles. The minimum absolute atomic E-state index is 0. The number of hydrogen-bond donors (Lipinski definition) is 2. The van der Waals surface area contributed by atoms with Gasteiger partial charge in [-0.1, -0.05) is 0 Å². The number of carbonyl (C=O) groups is 2. The number of aromatic carboxylic acids is 2. The summed E-state index contributed by atoms with van der Waals surface area (Å²) in [6.45, 7) is 0. The fourth-order valence-corrected chi connectivity index (χ4v) is 0.748. The Balaban J connectivity index is 0.00000144. The third-order valence-corrected chi connectivity index (χ3v) is 1.24. The molecule has 0 aliphatic heterocycles. The first-order valence-corrected chi connectivity index (χ1v) is 3.04. The number of pyridine rings is 1. The molecule has 1 heterocycles. The second-order valence-electron chi connectivity index (χ2n) is 2.01. The van der Waals surface area contributed by atoms with Crippen molar-refractivity contribution >= 4 is 11.9 Å². The van der Waals surface area contributed by atoms with Crippen LogP contribution in [0.1, 0.15) is 20.8 Å². The van der Waals surface area contributed by atoms with Crippen LogP contribution in [0.15, 0.2) is 18.3 Å². The summed E-state index contributed by atoms with van der Waals surface area (Å²) in [5.41, 5.74) is -0.741. The fourth-order valence-electron chi connectivity index (χ4n) is 0.748. The second-order valence-corrected chi connectivity index (χ2v) is 2.01. The van der Waals surface area contributed by atoms with Crippen molar-refractivity contribution in [3.05, 3.63) is 29.6 Å². The molecule has 0 aliphatic carbocycles. The van der Waals surface area contributed by atoms with E-state index >= 15 is 0 Å². The number of carboxylic acids is 2. The Morgan fingerprint density at radius 3 is 2.23 bits per heavy atom. The predicted molar refractivity (Wildman–Crippen MR) is 38.2 cm³/mol. The molecule has 0 aromatic carbocycles. The third-order valence-electron chi connectivity index (χ3n) is 1.24. The molecule has 5 nitrogen and oxygen atoms in total. The summed E-state index contributed by atoms with van der Waals surface area (Å²) in [5.74, 6) is -2.63. The van der Waals surface area contributed by atoms with Gasteiger partial charge in [0.25, 0.3) is 0 Å². The van der Waals surface area contributed by atoms with Crippen LogP contribution in [0.3, 0.4) is 0 Å². The van der Waals surface area contributed by atoms with Gasteiger partial charge in [-0.3, -0.25) is 0 Å². The Bertz CT molecular complexity index is 306. The smallest absolute Gasteiger partial charge is 0.355 e. The quantitative estimate of drug-likeness (QED) is 0.724. The van der Waals surface area contributed by atoms with Gasteiger partial charge in [-0.15, -0.1) is 0 Å². The van der Waals surface area contributed by atoms with E-state index in [0.717, 1.165) is 0 Å². The van der Waals surface area contributed by atoms with Gasteiger partial charge >= 0.3 is 11.9 Å². The van der Waals surface area contributed by atoms with Crippen molar-refractivity contribution in [3.63, 3.8) is 0 Å². The number of rotatable bonds is 2. The molecule has 0 fully saturated rings. The van der Waals surface area contributed by atoms with Crippen molar-refractivity contribution in [2.24, 2.45) is 0 Å². The molecule has 64 valence electrons. The monoisotopic (exact) mass is 231 g/mol. The minimum atomic E-state index is -1.34. The van der Waals surface area contributed by atoms with Crippen LogP contribution in [0, 0.1) is 0 Å². The minimum Gasteiger partial charge on any atom is -0.478 e. The molecule has 0 unspecified atom stereocenters. The Hall–Kier alpha value is -1.29. The van der Waals surface area contributed by atoms with Crippen molar-refractivity contribution in [3.8, 4) is 0 Å². The molecular weight excluding hydrogens is 227 g/mol. The molecule has 0 saturated heterocycles. The molecule has 1 aromatic rings. The summed E-state index contributed by atoms with van der Waals surface area (Å²) < 4.78 is 0. The molecule has 0 saturated carbocycles. The van der Waals surface area contributed by atoms with Crippen LogP contribution >= 0.6 is 0 Å². The molecule has 0 amide bonds. The Kier molecular flexibility index (Phi) is 4.21. The van der Waals surface area contributed by atoms with E-state index in [2.05, 4.69) is 4.98 Å².